The Kier molecular flexibility index (Phi) is 6.12. The van der Waals surface area contributed by atoms with Crippen molar-refractivity contribution in [1.82, 2.24) is 4.90 Å². The Hall–Kier alpha value is -1.10. The van der Waals surface area contributed by atoms with Crippen molar-refractivity contribution in [1.29, 1.82) is 0 Å². The SMILES string of the molecule is COC(=O)CN(CC(C)C(=O)OC)C1CCCC1. The van der Waals surface area contributed by atoms with Crippen molar-refractivity contribution in [3.05, 3.63) is 0 Å². The molecule has 18 heavy (non-hydrogen) atoms. The van der Waals surface area contributed by atoms with Gasteiger partial charge in [0.1, 0.15) is 0 Å². The van der Waals surface area contributed by atoms with Gasteiger partial charge in [0.05, 0.1) is 26.7 Å². The molecule has 0 amide bonds. The zero-order valence-electron chi connectivity index (χ0n) is 11.5. The molecule has 1 unspecified atom stereocenters. The van der Waals surface area contributed by atoms with Crippen molar-refractivity contribution in [3.63, 3.8) is 0 Å². The van der Waals surface area contributed by atoms with Gasteiger partial charge in [-0.15, -0.1) is 0 Å². The summed E-state index contributed by atoms with van der Waals surface area (Å²) in [5, 5.41) is 0. The van der Waals surface area contributed by atoms with E-state index < -0.39 is 0 Å². The minimum atomic E-state index is -0.251. The van der Waals surface area contributed by atoms with Gasteiger partial charge in [0.2, 0.25) is 0 Å². The Morgan fingerprint density at radius 2 is 1.83 bits per heavy atom. The summed E-state index contributed by atoms with van der Waals surface area (Å²) in [5.41, 5.74) is 0. The lowest BCUT2D eigenvalue weighted by molar-refractivity contribution is -0.148. The Bertz CT molecular complexity index is 287. The van der Waals surface area contributed by atoms with Crippen molar-refractivity contribution >= 4 is 11.9 Å². The molecule has 0 aromatic carbocycles. The lowest BCUT2D eigenvalue weighted by atomic mass is 10.1. The predicted octanol–water partition coefficient (Wildman–Crippen LogP) is 1.21. The Morgan fingerprint density at radius 1 is 1.22 bits per heavy atom. The summed E-state index contributed by atoms with van der Waals surface area (Å²) < 4.78 is 9.44. The minimum absolute atomic E-state index is 0.222. The summed E-state index contributed by atoms with van der Waals surface area (Å²) in [6, 6.07) is 0.385. The lowest BCUT2D eigenvalue weighted by Crippen LogP contribution is -2.42. The third-order valence-electron chi connectivity index (χ3n) is 3.51. The zero-order valence-corrected chi connectivity index (χ0v) is 11.5. The van der Waals surface area contributed by atoms with Gasteiger partial charge in [-0.3, -0.25) is 14.5 Å². The molecule has 1 saturated carbocycles. The summed E-state index contributed by atoms with van der Waals surface area (Å²) in [7, 11) is 2.78. The third kappa shape index (κ3) is 4.29. The first-order valence-electron chi connectivity index (χ1n) is 6.47. The molecule has 1 atom stereocenters. The van der Waals surface area contributed by atoms with E-state index in [4.69, 9.17) is 9.47 Å². The van der Waals surface area contributed by atoms with Crippen LogP contribution in [-0.2, 0) is 19.1 Å². The quantitative estimate of drug-likeness (QED) is 0.669. The second kappa shape index (κ2) is 7.36. The van der Waals surface area contributed by atoms with Crippen molar-refractivity contribution in [3.8, 4) is 0 Å². The van der Waals surface area contributed by atoms with Crippen LogP contribution in [0.2, 0.25) is 0 Å². The molecule has 0 spiro atoms. The van der Waals surface area contributed by atoms with Crippen LogP contribution in [0.3, 0.4) is 0 Å². The van der Waals surface area contributed by atoms with Gasteiger partial charge in [-0.2, -0.15) is 0 Å². The maximum absolute atomic E-state index is 11.5. The van der Waals surface area contributed by atoms with E-state index in [-0.39, 0.29) is 24.4 Å². The number of nitrogens with zero attached hydrogens (tertiary/aromatic N) is 1. The number of ether oxygens (including phenoxy) is 2. The van der Waals surface area contributed by atoms with Gasteiger partial charge in [-0.1, -0.05) is 19.8 Å². The average Bonchev–Trinajstić information content (AvgIpc) is 2.90. The highest BCUT2D eigenvalue weighted by Crippen LogP contribution is 2.24. The summed E-state index contributed by atoms with van der Waals surface area (Å²) in [4.78, 5) is 24.9. The molecule has 0 aliphatic heterocycles. The molecule has 0 N–H and O–H groups in total. The highest BCUT2D eigenvalue weighted by Gasteiger charge is 2.27. The van der Waals surface area contributed by atoms with Gasteiger partial charge in [0.25, 0.3) is 0 Å². The second-order valence-electron chi connectivity index (χ2n) is 4.87. The molecule has 5 heteroatoms. The molecule has 0 radical (unpaired) electrons. The van der Waals surface area contributed by atoms with Crippen LogP contribution < -0.4 is 0 Å². The van der Waals surface area contributed by atoms with Crippen molar-refractivity contribution in [2.75, 3.05) is 27.3 Å². The minimum Gasteiger partial charge on any atom is -0.469 e. The first-order chi connectivity index (χ1) is 8.58. The first kappa shape index (κ1) is 15.0. The van der Waals surface area contributed by atoms with E-state index in [1.807, 2.05) is 6.92 Å². The van der Waals surface area contributed by atoms with Crippen LogP contribution in [0.25, 0.3) is 0 Å². The van der Waals surface area contributed by atoms with Crippen molar-refractivity contribution < 1.29 is 19.1 Å². The smallest absolute Gasteiger partial charge is 0.319 e. The Morgan fingerprint density at radius 3 is 2.33 bits per heavy atom. The molecular weight excluding hydrogens is 234 g/mol. The van der Waals surface area contributed by atoms with Crippen molar-refractivity contribution in [2.45, 2.75) is 38.6 Å². The fraction of sp³-hybridized carbons (Fsp3) is 0.846. The topological polar surface area (TPSA) is 55.8 Å². The number of carbonyl (C=O) groups excluding carboxylic acids is 2. The van der Waals surface area contributed by atoms with Crippen LogP contribution in [0.1, 0.15) is 32.6 Å². The van der Waals surface area contributed by atoms with Crippen LogP contribution in [0, 0.1) is 5.92 Å². The molecule has 5 nitrogen and oxygen atoms in total. The molecule has 0 bridgehead atoms. The molecule has 0 heterocycles. The number of hydrogen-bond donors (Lipinski definition) is 0. The lowest BCUT2D eigenvalue weighted by Gasteiger charge is -2.29. The normalized spacial score (nSPS) is 17.8. The molecule has 1 rings (SSSR count). The first-order valence-corrected chi connectivity index (χ1v) is 6.47. The van der Waals surface area contributed by atoms with Gasteiger partial charge in [-0.25, -0.2) is 0 Å². The van der Waals surface area contributed by atoms with Gasteiger partial charge >= 0.3 is 11.9 Å². The maximum Gasteiger partial charge on any atom is 0.319 e. The predicted molar refractivity (Wildman–Crippen MR) is 67.0 cm³/mol. The van der Waals surface area contributed by atoms with E-state index in [1.54, 1.807) is 0 Å². The molecule has 1 aliphatic carbocycles. The molecule has 0 aromatic heterocycles. The summed E-state index contributed by atoms with van der Waals surface area (Å²) >= 11 is 0. The number of rotatable bonds is 6. The van der Waals surface area contributed by atoms with Gasteiger partial charge in [0, 0.05) is 12.6 Å². The van der Waals surface area contributed by atoms with Crippen LogP contribution in [-0.4, -0.2) is 50.2 Å². The van der Waals surface area contributed by atoms with Gasteiger partial charge < -0.3 is 9.47 Å². The molecule has 104 valence electrons. The van der Waals surface area contributed by atoms with E-state index >= 15 is 0 Å². The largest absolute Gasteiger partial charge is 0.469 e. The van der Waals surface area contributed by atoms with E-state index in [1.165, 1.54) is 27.1 Å². The third-order valence-corrected chi connectivity index (χ3v) is 3.51. The van der Waals surface area contributed by atoms with Gasteiger partial charge in [0.15, 0.2) is 0 Å². The van der Waals surface area contributed by atoms with Crippen molar-refractivity contribution in [2.24, 2.45) is 5.92 Å². The fourth-order valence-corrected chi connectivity index (χ4v) is 2.47. The standard InChI is InChI=1S/C13H23NO4/c1-10(13(16)18-3)8-14(9-12(15)17-2)11-6-4-5-7-11/h10-11H,4-9H2,1-3H3. The van der Waals surface area contributed by atoms with E-state index in [0.717, 1.165) is 12.8 Å². The van der Waals surface area contributed by atoms with Crippen LogP contribution in [0.4, 0.5) is 0 Å². The maximum atomic E-state index is 11.5. The number of methoxy groups -OCH3 is 2. The second-order valence-corrected chi connectivity index (χ2v) is 4.87. The summed E-state index contributed by atoms with van der Waals surface area (Å²) in [6.07, 6.45) is 4.56. The van der Waals surface area contributed by atoms with E-state index in [9.17, 15) is 9.59 Å². The highest BCUT2D eigenvalue weighted by molar-refractivity contribution is 5.73. The van der Waals surface area contributed by atoms with E-state index in [0.29, 0.717) is 12.6 Å². The average molecular weight is 257 g/mol. The molecule has 1 fully saturated rings. The Balaban J connectivity index is 2.58. The van der Waals surface area contributed by atoms with Crippen LogP contribution in [0.15, 0.2) is 0 Å². The zero-order chi connectivity index (χ0) is 13.5. The van der Waals surface area contributed by atoms with Crippen LogP contribution >= 0.6 is 0 Å². The van der Waals surface area contributed by atoms with Gasteiger partial charge in [-0.05, 0) is 12.8 Å². The molecule has 0 aromatic rings. The number of carbonyl (C=O) groups is 2. The molecule has 1 aliphatic rings. The summed E-state index contributed by atoms with van der Waals surface area (Å²) in [6.45, 7) is 2.63. The van der Waals surface area contributed by atoms with E-state index in [2.05, 4.69) is 4.90 Å². The summed E-state index contributed by atoms with van der Waals surface area (Å²) in [5.74, 6) is -0.706. The fourth-order valence-electron chi connectivity index (χ4n) is 2.47. The Labute approximate surface area is 108 Å². The number of esters is 2. The monoisotopic (exact) mass is 257 g/mol. The number of hydrogen-bond acceptors (Lipinski definition) is 5. The molecule has 0 saturated heterocycles. The molecular formula is C13H23NO4. The van der Waals surface area contributed by atoms with Crippen LogP contribution in [0.5, 0.6) is 0 Å². The highest BCUT2D eigenvalue weighted by atomic mass is 16.5.